The van der Waals surface area contributed by atoms with Crippen molar-refractivity contribution >= 4 is 5.78 Å². The molecule has 9 nitrogen and oxygen atoms in total. The number of aliphatic hydroxyl groups excluding tert-OH is 4. The summed E-state index contributed by atoms with van der Waals surface area (Å²) in [7, 11) is 0. The minimum absolute atomic E-state index is 0.0865. The molecule has 7 aliphatic carbocycles. The molecular weight excluding hydrogens is 624 g/mol. The summed E-state index contributed by atoms with van der Waals surface area (Å²) >= 11 is 0. The molecule has 0 radical (unpaired) electrons. The molecule has 49 heavy (non-hydrogen) atoms. The van der Waals surface area contributed by atoms with Crippen LogP contribution in [0.1, 0.15) is 85.5 Å². The highest BCUT2D eigenvalue weighted by molar-refractivity contribution is 6.05. The van der Waals surface area contributed by atoms with Gasteiger partial charge in [0, 0.05) is 23.2 Å². The molecule has 3 heterocycles. The molecule has 3 saturated heterocycles. The molecule has 0 aromatic rings. The van der Waals surface area contributed by atoms with Crippen LogP contribution in [0.5, 0.6) is 0 Å². The first-order chi connectivity index (χ1) is 23.0. The Balaban J connectivity index is 1.11. The summed E-state index contributed by atoms with van der Waals surface area (Å²) in [6, 6.07) is 0. The highest BCUT2D eigenvalue weighted by Gasteiger charge is 2.89. The van der Waals surface area contributed by atoms with E-state index in [1.807, 2.05) is 13.8 Å². The maximum absolute atomic E-state index is 14.2. The number of carbonyl (C=O) groups excluding carboxylic acids is 1. The van der Waals surface area contributed by atoms with Crippen LogP contribution in [-0.2, 0) is 19.0 Å². The van der Waals surface area contributed by atoms with Gasteiger partial charge in [-0.3, -0.25) is 4.79 Å². The van der Waals surface area contributed by atoms with Crippen molar-refractivity contribution in [3.63, 3.8) is 0 Å². The number of carbonyl (C=O) groups is 1. The van der Waals surface area contributed by atoms with Gasteiger partial charge in [-0.2, -0.15) is 0 Å². The summed E-state index contributed by atoms with van der Waals surface area (Å²) in [5, 5.41) is 60.9. The molecule has 2 spiro atoms. The van der Waals surface area contributed by atoms with Gasteiger partial charge in [-0.1, -0.05) is 46.9 Å². The zero-order chi connectivity index (χ0) is 34.8. The fourth-order valence-electron chi connectivity index (χ4n) is 14.7. The first-order valence-electron chi connectivity index (χ1n) is 19.0. The maximum atomic E-state index is 14.2. The second-order valence-electron chi connectivity index (χ2n) is 19.0. The molecule has 5 N–H and O–H groups in total. The molecule has 9 heteroatoms. The molecule has 10 rings (SSSR count). The lowest BCUT2D eigenvalue weighted by Gasteiger charge is -2.76. The van der Waals surface area contributed by atoms with E-state index in [0.29, 0.717) is 50.5 Å². The third kappa shape index (κ3) is 3.59. The molecule has 10 aliphatic rings. The predicted octanol–water partition coefficient (Wildman–Crippen LogP) is 3.81. The minimum Gasteiger partial charge on any atom is -0.392 e. The summed E-state index contributed by atoms with van der Waals surface area (Å²) in [4.78, 5) is 14.2. The SMILES string of the molecule is C=C1C(=O)[C@]23[C@H](O)[C@H]1CC[C@H]2[C@@]12C(OC[C@]4(C)[C@H]5CC=C6[C@@H](CC[C@H]7C(=C)CO[C@@H]67)[C@]5(C)CC[C@H]4O)O[C@]3(O)[C@@H](O)[C@@H]1C(C)(C)CC[C@@H]2O. The fourth-order valence-corrected chi connectivity index (χ4v) is 14.7. The standard InChI is InChI=1S/C40H56O9/c1-19-17-47-29-21(19)7-10-24-23(29)9-11-25-36(24,5)16-14-27(41)37(25,6)18-48-34-38-26-12-8-22-20(2)31(43)39(26,32(22)44)40(46,49-34)33(45)30(38)35(3,4)15-13-28(38)42/h9,21-22,24-30,32-34,41-42,44-46H,1-2,7-8,10-18H2,3-6H3/t21-,22-,24+,25-,26-,27+,28-,29+,30+,32+,33-,34?,36-,37+,38-,39-,40+/m0/s1. The van der Waals surface area contributed by atoms with Gasteiger partial charge in [0.25, 0.3) is 0 Å². The Hall–Kier alpha value is -1.43. The largest absolute Gasteiger partial charge is 0.392 e. The summed E-state index contributed by atoms with van der Waals surface area (Å²) in [6.07, 6.45) is 3.21. The van der Waals surface area contributed by atoms with Crippen LogP contribution < -0.4 is 0 Å². The van der Waals surface area contributed by atoms with Gasteiger partial charge >= 0.3 is 0 Å². The molecule has 0 amide bonds. The van der Waals surface area contributed by atoms with Gasteiger partial charge in [0.1, 0.15) is 11.5 Å². The Morgan fingerprint density at radius 2 is 1.61 bits per heavy atom. The van der Waals surface area contributed by atoms with Crippen LogP contribution in [0.25, 0.3) is 0 Å². The second kappa shape index (κ2) is 10.2. The molecule has 4 bridgehead atoms. The molecule has 0 aromatic carbocycles. The molecule has 270 valence electrons. The van der Waals surface area contributed by atoms with E-state index >= 15 is 0 Å². The zero-order valence-corrected chi connectivity index (χ0v) is 29.6. The number of hydrogen-bond acceptors (Lipinski definition) is 9. The van der Waals surface area contributed by atoms with Gasteiger partial charge in [0.15, 0.2) is 12.1 Å². The van der Waals surface area contributed by atoms with Crippen LogP contribution in [0, 0.1) is 62.6 Å². The monoisotopic (exact) mass is 680 g/mol. The summed E-state index contributed by atoms with van der Waals surface area (Å²) in [5.74, 6) is -4.00. The molecule has 1 unspecified atom stereocenters. The van der Waals surface area contributed by atoms with Gasteiger partial charge in [0.2, 0.25) is 5.79 Å². The number of Topliss-reactive ketones (excluding diaryl/α,β-unsaturated/α-hetero) is 1. The summed E-state index contributed by atoms with van der Waals surface area (Å²) in [5.41, 5.74) is -1.58. The number of hydrogen-bond donors (Lipinski definition) is 5. The van der Waals surface area contributed by atoms with Crippen LogP contribution in [-0.4, -0.2) is 87.1 Å². The lowest BCUT2D eigenvalue weighted by atomic mass is 9.35. The van der Waals surface area contributed by atoms with Crippen molar-refractivity contribution in [1.29, 1.82) is 0 Å². The van der Waals surface area contributed by atoms with Gasteiger partial charge in [-0.25, -0.2) is 0 Å². The summed E-state index contributed by atoms with van der Waals surface area (Å²) < 4.78 is 19.8. The van der Waals surface area contributed by atoms with Crippen LogP contribution in [0.15, 0.2) is 36.0 Å². The number of allylic oxidation sites excluding steroid dienone is 1. The smallest absolute Gasteiger partial charge is 0.211 e. The highest BCUT2D eigenvalue weighted by Crippen LogP contribution is 2.78. The molecule has 3 aliphatic heterocycles. The molecule has 9 fully saturated rings. The Morgan fingerprint density at radius 3 is 2.37 bits per heavy atom. The lowest BCUT2D eigenvalue weighted by Crippen LogP contribution is -2.88. The third-order valence-electron chi connectivity index (χ3n) is 17.0. The zero-order valence-electron chi connectivity index (χ0n) is 29.6. The summed E-state index contributed by atoms with van der Waals surface area (Å²) in [6.45, 7) is 17.6. The number of fused-ring (bicyclic) bond motifs is 7. The topological polar surface area (TPSA) is 146 Å². The van der Waals surface area contributed by atoms with Crippen molar-refractivity contribution in [2.24, 2.45) is 62.6 Å². The Bertz CT molecular complexity index is 1540. The molecule has 0 aromatic heterocycles. The van der Waals surface area contributed by atoms with Crippen molar-refractivity contribution < 1.29 is 44.5 Å². The van der Waals surface area contributed by atoms with Gasteiger partial charge < -0.3 is 39.7 Å². The van der Waals surface area contributed by atoms with E-state index in [0.717, 1.165) is 25.7 Å². The van der Waals surface area contributed by atoms with Crippen LogP contribution in [0.3, 0.4) is 0 Å². The fraction of sp³-hybridized carbons (Fsp3) is 0.825. The van der Waals surface area contributed by atoms with E-state index in [1.165, 1.54) is 11.1 Å². The van der Waals surface area contributed by atoms with Gasteiger partial charge in [-0.15, -0.1) is 0 Å². The van der Waals surface area contributed by atoms with Crippen LogP contribution in [0.4, 0.5) is 0 Å². The lowest BCUT2D eigenvalue weighted by molar-refractivity contribution is -0.513. The number of aliphatic hydroxyl groups is 5. The van der Waals surface area contributed by atoms with E-state index in [1.54, 1.807) is 0 Å². The van der Waals surface area contributed by atoms with E-state index < -0.39 is 81.7 Å². The van der Waals surface area contributed by atoms with Crippen molar-refractivity contribution in [1.82, 2.24) is 0 Å². The number of rotatable bonds is 3. The highest BCUT2D eigenvalue weighted by atomic mass is 16.8. The Labute approximate surface area is 289 Å². The van der Waals surface area contributed by atoms with Crippen molar-refractivity contribution in [2.45, 2.75) is 128 Å². The maximum Gasteiger partial charge on any atom is 0.211 e. The van der Waals surface area contributed by atoms with Crippen molar-refractivity contribution in [3.8, 4) is 0 Å². The second-order valence-corrected chi connectivity index (χ2v) is 19.0. The molecule has 17 atom stereocenters. The molecular formula is C40H56O9. The predicted molar refractivity (Wildman–Crippen MR) is 178 cm³/mol. The quantitative estimate of drug-likeness (QED) is 0.222. The third-order valence-corrected chi connectivity index (χ3v) is 17.0. The van der Waals surface area contributed by atoms with Gasteiger partial charge in [0.05, 0.1) is 43.0 Å². The van der Waals surface area contributed by atoms with Crippen molar-refractivity contribution in [2.75, 3.05) is 13.2 Å². The van der Waals surface area contributed by atoms with Gasteiger partial charge in [-0.05, 0) is 103 Å². The number of ketones is 1. The molecule has 6 saturated carbocycles. The average Bonchev–Trinajstić information content (AvgIpc) is 3.48. The van der Waals surface area contributed by atoms with E-state index in [2.05, 4.69) is 33.1 Å². The first-order valence-corrected chi connectivity index (χ1v) is 19.0. The van der Waals surface area contributed by atoms with E-state index in [-0.39, 0.29) is 29.6 Å². The normalized spacial score (nSPS) is 58.3. The minimum atomic E-state index is -2.44. The van der Waals surface area contributed by atoms with Crippen LogP contribution in [0.2, 0.25) is 0 Å². The van der Waals surface area contributed by atoms with E-state index in [4.69, 9.17) is 14.2 Å². The average molecular weight is 681 g/mol. The Morgan fingerprint density at radius 1 is 0.898 bits per heavy atom. The first kappa shape index (κ1) is 33.4. The van der Waals surface area contributed by atoms with Crippen molar-refractivity contribution in [3.05, 3.63) is 36.0 Å². The van der Waals surface area contributed by atoms with Crippen LogP contribution >= 0.6 is 0 Å². The van der Waals surface area contributed by atoms with E-state index in [9.17, 15) is 30.3 Å². The Kier molecular flexibility index (Phi) is 6.93. The number of ether oxygens (including phenoxy) is 3.